The summed E-state index contributed by atoms with van der Waals surface area (Å²) in [6.07, 6.45) is -7.40. The molecule has 0 aromatic heterocycles. The van der Waals surface area contributed by atoms with Gasteiger partial charge in [0.25, 0.3) is 0 Å². The molecule has 0 saturated heterocycles. The van der Waals surface area contributed by atoms with E-state index in [0.29, 0.717) is 0 Å². The van der Waals surface area contributed by atoms with Crippen molar-refractivity contribution in [2.75, 3.05) is 12.3 Å². The number of hydrogen-bond acceptors (Lipinski definition) is 5. The van der Waals surface area contributed by atoms with Gasteiger partial charge in [-0.3, -0.25) is 0 Å². The summed E-state index contributed by atoms with van der Waals surface area (Å²) in [6.45, 7) is 0.122. The van der Waals surface area contributed by atoms with Gasteiger partial charge in [0.2, 0.25) is 0 Å². The number of hydrogen-bond donors (Lipinski definition) is 4. The Balaban J connectivity index is 2.96. The molecule has 1 rings (SSSR count). The maximum atomic E-state index is 12.1. The van der Waals surface area contributed by atoms with Crippen molar-refractivity contribution in [2.24, 2.45) is 5.73 Å². The SMILES string of the molecule is NCCC(O)C(O)c1cc(OC(F)(F)F)ccc1N. The van der Waals surface area contributed by atoms with Crippen molar-refractivity contribution in [3.05, 3.63) is 23.8 Å². The highest BCUT2D eigenvalue weighted by molar-refractivity contribution is 5.52. The molecule has 5 nitrogen and oxygen atoms in total. The third kappa shape index (κ3) is 4.58. The van der Waals surface area contributed by atoms with Crippen LogP contribution in [0.15, 0.2) is 18.2 Å². The van der Waals surface area contributed by atoms with Crippen molar-refractivity contribution in [2.45, 2.75) is 25.0 Å². The summed E-state index contributed by atoms with van der Waals surface area (Å²) >= 11 is 0. The lowest BCUT2D eigenvalue weighted by atomic mass is 10.0. The Morgan fingerprint density at radius 1 is 1.26 bits per heavy atom. The van der Waals surface area contributed by atoms with Crippen LogP contribution in [-0.2, 0) is 0 Å². The Morgan fingerprint density at radius 2 is 1.89 bits per heavy atom. The summed E-state index contributed by atoms with van der Waals surface area (Å²) in [5, 5.41) is 19.4. The lowest BCUT2D eigenvalue weighted by Crippen LogP contribution is -2.23. The van der Waals surface area contributed by atoms with E-state index in [2.05, 4.69) is 4.74 Å². The van der Waals surface area contributed by atoms with Crippen LogP contribution in [0.3, 0.4) is 0 Å². The smallest absolute Gasteiger partial charge is 0.406 e. The zero-order valence-electron chi connectivity index (χ0n) is 9.89. The van der Waals surface area contributed by atoms with Crippen molar-refractivity contribution in [3.8, 4) is 5.75 Å². The molecule has 2 atom stereocenters. The number of nitrogen functional groups attached to an aromatic ring is 1. The number of ether oxygens (including phenoxy) is 1. The minimum absolute atomic E-state index is 0.0392. The van der Waals surface area contributed by atoms with Gasteiger partial charge in [-0.25, -0.2) is 0 Å². The second-order valence-corrected chi connectivity index (χ2v) is 3.93. The lowest BCUT2D eigenvalue weighted by molar-refractivity contribution is -0.274. The van der Waals surface area contributed by atoms with E-state index >= 15 is 0 Å². The average Bonchev–Trinajstić information content (AvgIpc) is 2.29. The second kappa shape index (κ2) is 6.09. The van der Waals surface area contributed by atoms with Crippen LogP contribution in [0.4, 0.5) is 18.9 Å². The van der Waals surface area contributed by atoms with Crippen LogP contribution in [0.1, 0.15) is 18.1 Å². The molecule has 0 spiro atoms. The quantitative estimate of drug-likeness (QED) is 0.600. The number of halogens is 3. The molecule has 0 aliphatic rings. The van der Waals surface area contributed by atoms with Crippen LogP contribution in [0.25, 0.3) is 0 Å². The summed E-state index contributed by atoms with van der Waals surface area (Å²) in [7, 11) is 0. The van der Waals surface area contributed by atoms with E-state index in [1.54, 1.807) is 0 Å². The van der Waals surface area contributed by atoms with Gasteiger partial charge in [-0.15, -0.1) is 13.2 Å². The molecule has 0 aliphatic carbocycles. The predicted molar refractivity (Wildman–Crippen MR) is 62.2 cm³/mol. The predicted octanol–water partition coefficient (Wildman–Crippen LogP) is 0.911. The van der Waals surface area contributed by atoms with E-state index in [0.717, 1.165) is 18.2 Å². The summed E-state index contributed by atoms with van der Waals surface area (Å²) in [4.78, 5) is 0. The van der Waals surface area contributed by atoms with Gasteiger partial charge in [0, 0.05) is 11.3 Å². The van der Waals surface area contributed by atoms with Crippen LogP contribution in [0.5, 0.6) is 5.75 Å². The average molecular weight is 280 g/mol. The second-order valence-electron chi connectivity index (χ2n) is 3.93. The Kier molecular flexibility index (Phi) is 4.98. The standard InChI is InChI=1S/C11H15F3N2O3/c12-11(13,14)19-6-1-2-8(16)7(5-6)10(18)9(17)3-4-15/h1-2,5,9-10,17-18H,3-4,15-16H2. The van der Waals surface area contributed by atoms with Crippen molar-refractivity contribution in [3.63, 3.8) is 0 Å². The highest BCUT2D eigenvalue weighted by Crippen LogP contribution is 2.31. The molecular weight excluding hydrogens is 265 g/mol. The van der Waals surface area contributed by atoms with Crippen LogP contribution in [-0.4, -0.2) is 29.2 Å². The summed E-state index contributed by atoms with van der Waals surface area (Å²) in [6, 6.07) is 3.12. The van der Waals surface area contributed by atoms with Crippen molar-refractivity contribution in [1.82, 2.24) is 0 Å². The molecule has 0 aliphatic heterocycles. The van der Waals surface area contributed by atoms with Crippen molar-refractivity contribution < 1.29 is 28.1 Å². The molecule has 0 amide bonds. The molecule has 0 fully saturated rings. The highest BCUT2D eigenvalue weighted by Gasteiger charge is 2.31. The van der Waals surface area contributed by atoms with Gasteiger partial charge in [0.15, 0.2) is 0 Å². The van der Waals surface area contributed by atoms with Crippen LogP contribution < -0.4 is 16.2 Å². The number of benzene rings is 1. The maximum Gasteiger partial charge on any atom is 0.573 e. The molecule has 1 aromatic rings. The molecule has 19 heavy (non-hydrogen) atoms. The van der Waals surface area contributed by atoms with E-state index < -0.39 is 24.3 Å². The van der Waals surface area contributed by atoms with Gasteiger partial charge in [-0.1, -0.05) is 0 Å². The largest absolute Gasteiger partial charge is 0.573 e. The fraction of sp³-hybridized carbons (Fsp3) is 0.455. The third-order valence-electron chi connectivity index (χ3n) is 2.44. The van der Waals surface area contributed by atoms with E-state index in [1.807, 2.05) is 0 Å². The Bertz CT molecular complexity index is 426. The number of aliphatic hydroxyl groups is 2. The molecule has 2 unspecified atom stereocenters. The third-order valence-corrected chi connectivity index (χ3v) is 2.44. The number of rotatable bonds is 5. The van der Waals surface area contributed by atoms with E-state index in [1.165, 1.54) is 0 Å². The molecule has 0 saturated carbocycles. The van der Waals surface area contributed by atoms with Crippen LogP contribution in [0.2, 0.25) is 0 Å². The highest BCUT2D eigenvalue weighted by atomic mass is 19.4. The van der Waals surface area contributed by atoms with Crippen LogP contribution >= 0.6 is 0 Å². The number of anilines is 1. The minimum Gasteiger partial charge on any atom is -0.406 e. The molecule has 1 aromatic carbocycles. The maximum absolute atomic E-state index is 12.1. The zero-order valence-corrected chi connectivity index (χ0v) is 9.89. The fourth-order valence-electron chi connectivity index (χ4n) is 1.54. The molecular formula is C11H15F3N2O3. The van der Waals surface area contributed by atoms with Gasteiger partial charge in [0.1, 0.15) is 11.9 Å². The van der Waals surface area contributed by atoms with Gasteiger partial charge in [-0.2, -0.15) is 0 Å². The molecule has 0 radical (unpaired) electrons. The summed E-state index contributed by atoms with van der Waals surface area (Å²) in [5.74, 6) is -0.518. The van der Waals surface area contributed by atoms with Gasteiger partial charge < -0.3 is 26.4 Å². The van der Waals surface area contributed by atoms with Gasteiger partial charge in [-0.05, 0) is 31.2 Å². The minimum atomic E-state index is -4.84. The Hall–Kier alpha value is -1.51. The van der Waals surface area contributed by atoms with Crippen LogP contribution in [0, 0.1) is 0 Å². The van der Waals surface area contributed by atoms with Gasteiger partial charge in [0.05, 0.1) is 6.10 Å². The normalized spacial score (nSPS) is 15.1. The monoisotopic (exact) mass is 280 g/mol. The molecule has 0 bridgehead atoms. The summed E-state index contributed by atoms with van der Waals surface area (Å²) < 4.78 is 39.9. The summed E-state index contributed by atoms with van der Waals surface area (Å²) in [5.41, 5.74) is 10.8. The molecule has 6 N–H and O–H groups in total. The lowest BCUT2D eigenvalue weighted by Gasteiger charge is -2.20. The first-order chi connectivity index (χ1) is 8.74. The first kappa shape index (κ1) is 15.5. The number of nitrogens with two attached hydrogens (primary N) is 2. The van der Waals surface area contributed by atoms with Gasteiger partial charge >= 0.3 is 6.36 Å². The number of alkyl halides is 3. The zero-order chi connectivity index (χ0) is 14.6. The van der Waals surface area contributed by atoms with Crippen molar-refractivity contribution in [1.29, 1.82) is 0 Å². The fourth-order valence-corrected chi connectivity index (χ4v) is 1.54. The van der Waals surface area contributed by atoms with E-state index in [9.17, 15) is 23.4 Å². The first-order valence-corrected chi connectivity index (χ1v) is 5.46. The molecule has 8 heteroatoms. The molecule has 108 valence electrons. The van der Waals surface area contributed by atoms with E-state index in [4.69, 9.17) is 11.5 Å². The Labute approximate surface area is 107 Å². The Morgan fingerprint density at radius 3 is 2.42 bits per heavy atom. The first-order valence-electron chi connectivity index (χ1n) is 5.46. The van der Waals surface area contributed by atoms with Crippen molar-refractivity contribution >= 4 is 5.69 Å². The topological polar surface area (TPSA) is 102 Å². The van der Waals surface area contributed by atoms with E-state index in [-0.39, 0.29) is 24.2 Å². The molecule has 0 heterocycles. The number of aliphatic hydroxyl groups excluding tert-OH is 2.